The summed E-state index contributed by atoms with van der Waals surface area (Å²) in [7, 11) is 2.22. The van der Waals surface area contributed by atoms with Crippen molar-refractivity contribution in [1.82, 2.24) is 10.2 Å². The van der Waals surface area contributed by atoms with Gasteiger partial charge in [0.2, 0.25) is 0 Å². The lowest BCUT2D eigenvalue weighted by atomic mass is 9.75. The van der Waals surface area contributed by atoms with E-state index < -0.39 is 0 Å². The molecule has 1 aliphatic carbocycles. The number of likely N-dealkylation sites (N-methyl/N-ethyl adjacent to an activating group) is 1. The lowest BCUT2D eigenvalue weighted by Gasteiger charge is -2.48. The van der Waals surface area contributed by atoms with E-state index in [0.717, 1.165) is 0 Å². The summed E-state index contributed by atoms with van der Waals surface area (Å²) in [6.45, 7) is 7.69. The number of nitrogens with one attached hydrogen (secondary N) is 1. The molecule has 2 rings (SSSR count). The highest BCUT2D eigenvalue weighted by atomic mass is 15.2. The summed E-state index contributed by atoms with van der Waals surface area (Å²) >= 11 is 0. The Hall–Kier alpha value is -0.0800. The summed E-state index contributed by atoms with van der Waals surface area (Å²) in [5.74, 6) is 0. The predicted molar refractivity (Wildman–Crippen MR) is 53.4 cm³/mol. The Labute approximate surface area is 76.3 Å². The summed E-state index contributed by atoms with van der Waals surface area (Å²) in [6.07, 6.45) is 4.23. The van der Waals surface area contributed by atoms with Crippen LogP contribution in [0.2, 0.25) is 0 Å². The second-order valence-corrected chi connectivity index (χ2v) is 3.80. The highest BCUT2D eigenvalue weighted by molar-refractivity contribution is 5.00. The molecule has 0 aromatic heterocycles. The second-order valence-electron chi connectivity index (χ2n) is 3.80. The third-order valence-corrected chi connectivity index (χ3v) is 2.88. The molecule has 0 unspecified atom stereocenters. The predicted octanol–water partition coefficient (Wildman–Crippen LogP) is 1.47. The van der Waals surface area contributed by atoms with Crippen LogP contribution in [0.5, 0.6) is 0 Å². The molecule has 0 radical (unpaired) electrons. The van der Waals surface area contributed by atoms with Crippen LogP contribution in [0.1, 0.15) is 33.1 Å². The largest absolute Gasteiger partial charge is 0.309 e. The van der Waals surface area contributed by atoms with Crippen LogP contribution in [0, 0.1) is 0 Å². The highest BCUT2D eigenvalue weighted by Crippen LogP contribution is 2.33. The van der Waals surface area contributed by atoms with E-state index in [1.54, 1.807) is 0 Å². The van der Waals surface area contributed by atoms with E-state index in [-0.39, 0.29) is 0 Å². The number of nitrogens with zero attached hydrogens (tertiary/aromatic N) is 1. The molecule has 0 bridgehead atoms. The number of rotatable bonds is 0. The maximum atomic E-state index is 3.62. The topological polar surface area (TPSA) is 15.3 Å². The van der Waals surface area contributed by atoms with Crippen molar-refractivity contribution in [1.29, 1.82) is 0 Å². The molecule has 1 spiro atoms. The zero-order valence-electron chi connectivity index (χ0n) is 8.69. The molecule has 2 heteroatoms. The fourth-order valence-electron chi connectivity index (χ4n) is 2.10. The van der Waals surface area contributed by atoms with E-state index in [2.05, 4.69) is 17.3 Å². The Kier molecular flexibility index (Phi) is 3.53. The van der Waals surface area contributed by atoms with Crippen LogP contribution in [0.15, 0.2) is 0 Å². The zero-order chi connectivity index (χ0) is 9.03. The first kappa shape index (κ1) is 10.0. The lowest BCUT2D eigenvalue weighted by Crippen LogP contribution is -2.62. The molecule has 2 nitrogen and oxygen atoms in total. The molecule has 0 aromatic rings. The quantitative estimate of drug-likeness (QED) is 0.592. The van der Waals surface area contributed by atoms with Crippen LogP contribution in [0.3, 0.4) is 0 Å². The first-order valence-corrected chi connectivity index (χ1v) is 5.24. The van der Waals surface area contributed by atoms with Crippen molar-refractivity contribution in [2.75, 3.05) is 26.7 Å². The lowest BCUT2D eigenvalue weighted by molar-refractivity contribution is 0.0870. The summed E-state index contributed by atoms with van der Waals surface area (Å²) < 4.78 is 0. The van der Waals surface area contributed by atoms with Gasteiger partial charge in [-0.25, -0.2) is 0 Å². The second kappa shape index (κ2) is 4.24. The van der Waals surface area contributed by atoms with E-state index in [4.69, 9.17) is 0 Å². The van der Waals surface area contributed by atoms with Crippen LogP contribution < -0.4 is 5.32 Å². The number of piperazine rings is 1. The van der Waals surface area contributed by atoms with Gasteiger partial charge >= 0.3 is 0 Å². The number of hydrogen-bond donors (Lipinski definition) is 1. The SMILES string of the molecule is CC.CN1CCNC2(CCC2)C1. The van der Waals surface area contributed by atoms with E-state index in [0.29, 0.717) is 5.54 Å². The van der Waals surface area contributed by atoms with Gasteiger partial charge in [-0.05, 0) is 26.3 Å². The van der Waals surface area contributed by atoms with Crippen LogP contribution in [-0.4, -0.2) is 37.1 Å². The third kappa shape index (κ3) is 1.99. The van der Waals surface area contributed by atoms with Crippen molar-refractivity contribution < 1.29 is 0 Å². The summed E-state index contributed by atoms with van der Waals surface area (Å²) in [5.41, 5.74) is 0.549. The number of hydrogen-bond acceptors (Lipinski definition) is 2. The Bertz CT molecular complexity index is 130. The molecule has 2 aliphatic rings. The van der Waals surface area contributed by atoms with Crippen molar-refractivity contribution in [3.05, 3.63) is 0 Å². The average Bonchev–Trinajstić information content (AvgIpc) is 2.06. The molecule has 72 valence electrons. The molecule has 1 aliphatic heterocycles. The normalized spacial score (nSPS) is 27.2. The summed E-state index contributed by atoms with van der Waals surface area (Å²) in [6, 6.07) is 0. The van der Waals surface area contributed by atoms with Gasteiger partial charge in [0.25, 0.3) is 0 Å². The molecule has 1 saturated carbocycles. The van der Waals surface area contributed by atoms with Crippen molar-refractivity contribution in [2.24, 2.45) is 0 Å². The van der Waals surface area contributed by atoms with Crippen LogP contribution in [0.4, 0.5) is 0 Å². The van der Waals surface area contributed by atoms with Crippen molar-refractivity contribution in [2.45, 2.75) is 38.6 Å². The molecule has 2 fully saturated rings. The fourth-order valence-corrected chi connectivity index (χ4v) is 2.10. The van der Waals surface area contributed by atoms with E-state index >= 15 is 0 Å². The van der Waals surface area contributed by atoms with Crippen LogP contribution in [-0.2, 0) is 0 Å². The van der Waals surface area contributed by atoms with Crippen molar-refractivity contribution in [3.63, 3.8) is 0 Å². The monoisotopic (exact) mass is 170 g/mol. The van der Waals surface area contributed by atoms with E-state index in [9.17, 15) is 0 Å². The Morgan fingerprint density at radius 1 is 1.25 bits per heavy atom. The standard InChI is InChI=1S/C8H16N2.C2H6/c1-10-6-5-9-8(7-10)3-2-4-8;1-2/h9H,2-7H2,1H3;1-2H3. The van der Waals surface area contributed by atoms with Gasteiger partial charge in [0, 0.05) is 25.2 Å². The van der Waals surface area contributed by atoms with Gasteiger partial charge in [0.15, 0.2) is 0 Å². The van der Waals surface area contributed by atoms with Gasteiger partial charge in [0.05, 0.1) is 0 Å². The minimum Gasteiger partial charge on any atom is -0.309 e. The fraction of sp³-hybridized carbons (Fsp3) is 1.00. The zero-order valence-corrected chi connectivity index (χ0v) is 8.69. The molecular weight excluding hydrogens is 148 g/mol. The molecule has 1 heterocycles. The van der Waals surface area contributed by atoms with Crippen molar-refractivity contribution >= 4 is 0 Å². The first-order valence-electron chi connectivity index (χ1n) is 5.24. The van der Waals surface area contributed by atoms with Crippen LogP contribution >= 0.6 is 0 Å². The molecule has 0 atom stereocenters. The average molecular weight is 170 g/mol. The molecule has 1 N–H and O–H groups in total. The summed E-state index contributed by atoms with van der Waals surface area (Å²) in [4.78, 5) is 2.44. The van der Waals surface area contributed by atoms with Gasteiger partial charge in [0.1, 0.15) is 0 Å². The Balaban J connectivity index is 0.000000336. The smallest absolute Gasteiger partial charge is 0.0309 e. The third-order valence-electron chi connectivity index (χ3n) is 2.88. The molecular formula is C10H22N2. The van der Waals surface area contributed by atoms with Gasteiger partial charge in [-0.3, -0.25) is 0 Å². The van der Waals surface area contributed by atoms with Crippen LogP contribution in [0.25, 0.3) is 0 Å². The minimum absolute atomic E-state index is 0.549. The molecule has 0 aromatic carbocycles. The minimum atomic E-state index is 0.549. The van der Waals surface area contributed by atoms with E-state index in [1.165, 1.54) is 38.9 Å². The van der Waals surface area contributed by atoms with Gasteiger partial charge in [-0.1, -0.05) is 13.8 Å². The Morgan fingerprint density at radius 3 is 2.25 bits per heavy atom. The van der Waals surface area contributed by atoms with Crippen molar-refractivity contribution in [3.8, 4) is 0 Å². The summed E-state index contributed by atoms with van der Waals surface area (Å²) in [5, 5.41) is 3.62. The highest BCUT2D eigenvalue weighted by Gasteiger charge is 2.39. The van der Waals surface area contributed by atoms with E-state index in [1.807, 2.05) is 13.8 Å². The maximum absolute atomic E-state index is 3.62. The van der Waals surface area contributed by atoms with Gasteiger partial charge in [-0.15, -0.1) is 0 Å². The first-order chi connectivity index (χ1) is 5.81. The molecule has 1 saturated heterocycles. The molecule has 0 amide bonds. The Morgan fingerprint density at radius 2 is 1.92 bits per heavy atom. The van der Waals surface area contributed by atoms with Gasteiger partial charge in [-0.2, -0.15) is 0 Å². The maximum Gasteiger partial charge on any atom is 0.0309 e. The van der Waals surface area contributed by atoms with Gasteiger partial charge < -0.3 is 10.2 Å². The molecule has 12 heavy (non-hydrogen) atoms.